The summed E-state index contributed by atoms with van der Waals surface area (Å²) < 4.78 is 11.3. The van der Waals surface area contributed by atoms with Gasteiger partial charge >= 0.3 is 0 Å². The van der Waals surface area contributed by atoms with Gasteiger partial charge in [0.05, 0.1) is 14.2 Å². The van der Waals surface area contributed by atoms with Crippen LogP contribution < -0.4 is 9.47 Å². The van der Waals surface area contributed by atoms with Gasteiger partial charge in [-0.15, -0.1) is 0 Å². The van der Waals surface area contributed by atoms with Crippen LogP contribution >= 0.6 is 15.9 Å². The highest BCUT2D eigenvalue weighted by atomic mass is 79.9. The molecule has 19 heavy (non-hydrogen) atoms. The van der Waals surface area contributed by atoms with Crippen LogP contribution in [0.25, 0.3) is 0 Å². The van der Waals surface area contributed by atoms with E-state index in [0.29, 0.717) is 23.3 Å². The number of Topliss-reactive ketones (excluding diaryl/α,β-unsaturated/α-hetero) is 1. The molecule has 0 N–H and O–H groups in total. The van der Waals surface area contributed by atoms with Crippen molar-refractivity contribution in [3.05, 3.63) is 22.2 Å². The summed E-state index contributed by atoms with van der Waals surface area (Å²) in [7, 11) is 3.18. The third kappa shape index (κ3) is 2.06. The van der Waals surface area contributed by atoms with Crippen LogP contribution in [0.4, 0.5) is 0 Å². The van der Waals surface area contributed by atoms with E-state index in [0.717, 1.165) is 10.0 Å². The Kier molecular flexibility index (Phi) is 3.29. The molecule has 0 radical (unpaired) electrons. The van der Waals surface area contributed by atoms with Gasteiger partial charge in [0.2, 0.25) is 0 Å². The number of hydrogen-bond acceptors (Lipinski definition) is 3. The highest BCUT2D eigenvalue weighted by molar-refractivity contribution is 9.10. The molecule has 2 aliphatic carbocycles. The number of carbonyl (C=O) groups is 1. The van der Waals surface area contributed by atoms with Crippen LogP contribution in [0.1, 0.15) is 29.6 Å². The maximum Gasteiger partial charge on any atom is 0.167 e. The zero-order chi connectivity index (χ0) is 13.6. The van der Waals surface area contributed by atoms with Crippen molar-refractivity contribution < 1.29 is 14.3 Å². The first-order valence-electron chi connectivity index (χ1n) is 6.63. The Bertz CT molecular complexity index is 516. The second-order valence-corrected chi connectivity index (χ2v) is 6.19. The largest absolute Gasteiger partial charge is 0.493 e. The van der Waals surface area contributed by atoms with Crippen molar-refractivity contribution in [2.24, 2.45) is 17.8 Å². The third-order valence-electron chi connectivity index (χ3n) is 4.45. The molecular weight excluding hydrogens is 308 g/mol. The van der Waals surface area contributed by atoms with Crippen LogP contribution in [0, 0.1) is 17.8 Å². The molecule has 0 heterocycles. The van der Waals surface area contributed by atoms with Gasteiger partial charge in [-0.3, -0.25) is 4.79 Å². The average molecular weight is 325 g/mol. The van der Waals surface area contributed by atoms with Crippen molar-refractivity contribution in [3.63, 3.8) is 0 Å². The van der Waals surface area contributed by atoms with Gasteiger partial charge in [0.1, 0.15) is 0 Å². The Morgan fingerprint density at radius 1 is 1.16 bits per heavy atom. The molecule has 102 valence electrons. The average Bonchev–Trinajstić information content (AvgIpc) is 2.90. The van der Waals surface area contributed by atoms with Crippen molar-refractivity contribution in [2.75, 3.05) is 14.2 Å². The van der Waals surface area contributed by atoms with E-state index < -0.39 is 0 Å². The SMILES string of the molecule is COc1cc(Br)c(C(=O)C2C3CCCC32)cc1OC. The van der Waals surface area contributed by atoms with E-state index in [1.807, 2.05) is 6.07 Å². The van der Waals surface area contributed by atoms with E-state index in [1.165, 1.54) is 19.3 Å². The number of halogens is 1. The fourth-order valence-corrected chi connectivity index (χ4v) is 3.95. The Hall–Kier alpha value is -1.03. The predicted molar refractivity (Wildman–Crippen MR) is 75.9 cm³/mol. The third-order valence-corrected chi connectivity index (χ3v) is 5.10. The Morgan fingerprint density at radius 2 is 1.74 bits per heavy atom. The number of hydrogen-bond donors (Lipinski definition) is 0. The number of benzene rings is 1. The van der Waals surface area contributed by atoms with Crippen LogP contribution in [0.3, 0.4) is 0 Å². The summed E-state index contributed by atoms with van der Waals surface area (Å²) in [4.78, 5) is 12.6. The minimum atomic E-state index is 0.239. The molecule has 2 saturated carbocycles. The first kappa shape index (κ1) is 13.0. The number of methoxy groups -OCH3 is 2. The van der Waals surface area contributed by atoms with Gasteiger partial charge in [-0.05, 0) is 52.7 Å². The Balaban J connectivity index is 1.90. The van der Waals surface area contributed by atoms with Crippen LogP contribution in [0.15, 0.2) is 16.6 Å². The summed E-state index contributed by atoms with van der Waals surface area (Å²) in [5.74, 6) is 3.01. The number of carbonyl (C=O) groups excluding carboxylic acids is 1. The molecule has 1 aromatic carbocycles. The van der Waals surface area contributed by atoms with Crippen molar-refractivity contribution >= 4 is 21.7 Å². The van der Waals surface area contributed by atoms with Crippen LogP contribution in [-0.4, -0.2) is 20.0 Å². The first-order valence-corrected chi connectivity index (χ1v) is 7.42. The zero-order valence-electron chi connectivity index (χ0n) is 11.1. The zero-order valence-corrected chi connectivity index (χ0v) is 12.7. The minimum absolute atomic E-state index is 0.239. The molecule has 0 aliphatic heterocycles. The van der Waals surface area contributed by atoms with Crippen LogP contribution in [-0.2, 0) is 0 Å². The highest BCUT2D eigenvalue weighted by Gasteiger charge is 2.56. The lowest BCUT2D eigenvalue weighted by Crippen LogP contribution is -2.08. The molecule has 0 saturated heterocycles. The normalized spacial score (nSPS) is 27.8. The van der Waals surface area contributed by atoms with Crippen molar-refractivity contribution in [1.29, 1.82) is 0 Å². The summed E-state index contributed by atoms with van der Waals surface area (Å²) in [6.45, 7) is 0. The summed E-state index contributed by atoms with van der Waals surface area (Å²) in [6.07, 6.45) is 3.71. The van der Waals surface area contributed by atoms with Gasteiger partial charge in [-0.1, -0.05) is 6.42 Å². The molecule has 2 unspecified atom stereocenters. The molecule has 2 fully saturated rings. The summed E-state index contributed by atoms with van der Waals surface area (Å²) in [5, 5.41) is 0. The van der Waals surface area contributed by atoms with Gasteiger partial charge in [0.25, 0.3) is 0 Å². The van der Waals surface area contributed by atoms with E-state index in [2.05, 4.69) is 15.9 Å². The second kappa shape index (κ2) is 4.82. The summed E-state index contributed by atoms with van der Waals surface area (Å²) in [5.41, 5.74) is 0.719. The number of ether oxygens (including phenoxy) is 2. The molecule has 2 atom stereocenters. The number of fused-ring (bicyclic) bond motifs is 1. The quantitative estimate of drug-likeness (QED) is 0.792. The monoisotopic (exact) mass is 324 g/mol. The first-order chi connectivity index (χ1) is 9.17. The maximum absolute atomic E-state index is 12.6. The fraction of sp³-hybridized carbons (Fsp3) is 0.533. The standard InChI is InChI=1S/C15H17BrO3/c1-18-12-6-10(11(16)7-13(12)19-2)15(17)14-8-4-3-5-9(8)14/h6-9,14H,3-5H2,1-2H3. The molecule has 0 amide bonds. The Morgan fingerprint density at radius 3 is 2.32 bits per heavy atom. The topological polar surface area (TPSA) is 35.5 Å². The van der Waals surface area contributed by atoms with Gasteiger partial charge in [-0.25, -0.2) is 0 Å². The molecule has 3 rings (SSSR count). The summed E-state index contributed by atoms with van der Waals surface area (Å²) >= 11 is 3.47. The lowest BCUT2D eigenvalue weighted by Gasteiger charge is -2.12. The Labute approximate surface area is 121 Å². The van der Waals surface area contributed by atoms with Crippen LogP contribution in [0.5, 0.6) is 11.5 Å². The van der Waals surface area contributed by atoms with E-state index in [4.69, 9.17) is 9.47 Å². The van der Waals surface area contributed by atoms with Crippen molar-refractivity contribution in [2.45, 2.75) is 19.3 Å². The van der Waals surface area contributed by atoms with Gasteiger partial charge in [0.15, 0.2) is 17.3 Å². The fourth-order valence-electron chi connectivity index (χ4n) is 3.43. The second-order valence-electron chi connectivity index (χ2n) is 5.34. The maximum atomic E-state index is 12.6. The lowest BCUT2D eigenvalue weighted by atomic mass is 10.0. The highest BCUT2D eigenvalue weighted by Crippen LogP contribution is 2.59. The molecular formula is C15H17BrO3. The molecule has 0 aromatic heterocycles. The van der Waals surface area contributed by atoms with E-state index in [1.54, 1.807) is 20.3 Å². The number of rotatable bonds is 4. The van der Waals surface area contributed by atoms with E-state index in [-0.39, 0.29) is 11.7 Å². The van der Waals surface area contributed by atoms with Gasteiger partial charge in [0, 0.05) is 16.0 Å². The molecule has 4 heteroatoms. The lowest BCUT2D eigenvalue weighted by molar-refractivity contribution is 0.0950. The van der Waals surface area contributed by atoms with Crippen molar-refractivity contribution in [3.8, 4) is 11.5 Å². The smallest absolute Gasteiger partial charge is 0.167 e. The predicted octanol–water partition coefficient (Wildman–Crippen LogP) is 3.70. The molecule has 0 bridgehead atoms. The van der Waals surface area contributed by atoms with Crippen LogP contribution in [0.2, 0.25) is 0 Å². The molecule has 0 spiro atoms. The van der Waals surface area contributed by atoms with E-state index >= 15 is 0 Å². The van der Waals surface area contributed by atoms with Gasteiger partial charge < -0.3 is 9.47 Å². The molecule has 2 aliphatic rings. The minimum Gasteiger partial charge on any atom is -0.493 e. The van der Waals surface area contributed by atoms with Gasteiger partial charge in [-0.2, -0.15) is 0 Å². The molecule has 1 aromatic rings. The number of ketones is 1. The molecule has 3 nitrogen and oxygen atoms in total. The van der Waals surface area contributed by atoms with E-state index in [9.17, 15) is 4.79 Å². The van der Waals surface area contributed by atoms with Crippen molar-refractivity contribution in [1.82, 2.24) is 0 Å². The summed E-state index contributed by atoms with van der Waals surface area (Å²) in [6, 6.07) is 3.60.